The summed E-state index contributed by atoms with van der Waals surface area (Å²) >= 11 is 5.74. The van der Waals surface area contributed by atoms with E-state index in [-0.39, 0.29) is 6.10 Å². The number of nitrogens with zero attached hydrogens (tertiary/aromatic N) is 3. The van der Waals surface area contributed by atoms with Gasteiger partial charge in [0.05, 0.1) is 22.3 Å². The van der Waals surface area contributed by atoms with E-state index in [2.05, 4.69) is 60.3 Å². The SMILES string of the molecule is CC1COC(CBr)CN1c1ncncc1I. The van der Waals surface area contributed by atoms with E-state index in [9.17, 15) is 0 Å². The van der Waals surface area contributed by atoms with Crippen molar-refractivity contribution in [2.45, 2.75) is 19.1 Å². The molecule has 6 heteroatoms. The number of alkyl halides is 1. The zero-order chi connectivity index (χ0) is 11.5. The molecule has 0 bridgehead atoms. The van der Waals surface area contributed by atoms with Gasteiger partial charge in [0, 0.05) is 18.1 Å². The summed E-state index contributed by atoms with van der Waals surface area (Å²) in [6, 6.07) is 0.360. The first-order chi connectivity index (χ1) is 7.72. The van der Waals surface area contributed by atoms with Crippen LogP contribution in [0.5, 0.6) is 0 Å². The van der Waals surface area contributed by atoms with Crippen LogP contribution in [-0.2, 0) is 4.74 Å². The first-order valence-corrected chi connectivity index (χ1v) is 7.32. The Bertz CT molecular complexity index is 366. The summed E-state index contributed by atoms with van der Waals surface area (Å²) in [5.41, 5.74) is 0. The van der Waals surface area contributed by atoms with E-state index < -0.39 is 0 Å². The molecule has 1 aromatic heterocycles. The average molecular weight is 398 g/mol. The Hall–Kier alpha value is 0.0500. The van der Waals surface area contributed by atoms with Crippen molar-refractivity contribution in [3.63, 3.8) is 0 Å². The molecule has 2 rings (SSSR count). The summed E-state index contributed by atoms with van der Waals surface area (Å²) in [5, 5.41) is 0.859. The smallest absolute Gasteiger partial charge is 0.145 e. The van der Waals surface area contributed by atoms with E-state index in [1.54, 1.807) is 6.33 Å². The lowest BCUT2D eigenvalue weighted by molar-refractivity contribution is 0.0376. The molecule has 0 aliphatic carbocycles. The third-order valence-electron chi connectivity index (χ3n) is 2.60. The van der Waals surface area contributed by atoms with Crippen LogP contribution in [0.25, 0.3) is 0 Å². The molecule has 0 spiro atoms. The van der Waals surface area contributed by atoms with E-state index in [1.807, 2.05) is 6.20 Å². The van der Waals surface area contributed by atoms with Gasteiger partial charge < -0.3 is 9.64 Å². The molecule has 0 N–H and O–H groups in total. The van der Waals surface area contributed by atoms with E-state index >= 15 is 0 Å². The third-order valence-corrected chi connectivity index (χ3v) is 4.08. The van der Waals surface area contributed by atoms with Crippen molar-refractivity contribution in [2.24, 2.45) is 0 Å². The molecule has 2 heterocycles. The van der Waals surface area contributed by atoms with E-state index in [0.717, 1.165) is 27.9 Å². The summed E-state index contributed by atoms with van der Waals surface area (Å²) in [6.07, 6.45) is 3.68. The predicted molar refractivity (Wildman–Crippen MR) is 75.1 cm³/mol. The van der Waals surface area contributed by atoms with Crippen LogP contribution in [-0.4, -0.2) is 40.6 Å². The van der Waals surface area contributed by atoms with Crippen LogP contribution in [0.4, 0.5) is 5.82 Å². The Labute approximate surface area is 117 Å². The van der Waals surface area contributed by atoms with Crippen molar-refractivity contribution in [1.82, 2.24) is 9.97 Å². The van der Waals surface area contributed by atoms with Crippen molar-refractivity contribution in [3.05, 3.63) is 16.1 Å². The zero-order valence-electron chi connectivity index (χ0n) is 8.94. The minimum absolute atomic E-state index is 0.238. The third kappa shape index (κ3) is 2.65. The van der Waals surface area contributed by atoms with Gasteiger partial charge in [-0.3, -0.25) is 0 Å². The molecule has 0 radical (unpaired) electrons. The average Bonchev–Trinajstić information content (AvgIpc) is 2.31. The van der Waals surface area contributed by atoms with Gasteiger partial charge in [0.2, 0.25) is 0 Å². The highest BCUT2D eigenvalue weighted by atomic mass is 127. The molecule has 4 nitrogen and oxygen atoms in total. The highest BCUT2D eigenvalue weighted by Gasteiger charge is 2.27. The Kier molecular flexibility index (Phi) is 4.37. The number of anilines is 1. The van der Waals surface area contributed by atoms with Gasteiger partial charge in [-0.2, -0.15) is 0 Å². The fourth-order valence-corrected chi connectivity index (χ4v) is 2.73. The fraction of sp³-hybridized carbons (Fsp3) is 0.600. The van der Waals surface area contributed by atoms with Crippen molar-refractivity contribution in [2.75, 3.05) is 23.4 Å². The van der Waals surface area contributed by atoms with Crippen LogP contribution < -0.4 is 4.90 Å². The molecule has 88 valence electrons. The topological polar surface area (TPSA) is 38.2 Å². The molecule has 0 aromatic carbocycles. The van der Waals surface area contributed by atoms with Gasteiger partial charge in [0.1, 0.15) is 12.1 Å². The van der Waals surface area contributed by atoms with Crippen LogP contribution in [0.2, 0.25) is 0 Å². The maximum absolute atomic E-state index is 5.70. The van der Waals surface area contributed by atoms with Gasteiger partial charge in [0.15, 0.2) is 0 Å². The molecule has 0 amide bonds. The Balaban J connectivity index is 2.21. The van der Waals surface area contributed by atoms with Crippen LogP contribution >= 0.6 is 38.5 Å². The van der Waals surface area contributed by atoms with Crippen LogP contribution in [0.1, 0.15) is 6.92 Å². The second kappa shape index (κ2) is 5.59. The van der Waals surface area contributed by atoms with Crippen molar-refractivity contribution >= 4 is 44.3 Å². The molecular weight excluding hydrogens is 385 g/mol. The van der Waals surface area contributed by atoms with Gasteiger partial charge in [-0.25, -0.2) is 9.97 Å². The lowest BCUT2D eigenvalue weighted by Gasteiger charge is -2.38. The summed E-state index contributed by atoms with van der Waals surface area (Å²) in [7, 11) is 0. The summed E-state index contributed by atoms with van der Waals surface area (Å²) < 4.78 is 6.78. The van der Waals surface area contributed by atoms with Crippen LogP contribution in [0.3, 0.4) is 0 Å². The Morgan fingerprint density at radius 3 is 3.19 bits per heavy atom. The first-order valence-electron chi connectivity index (χ1n) is 5.12. The molecule has 1 fully saturated rings. The number of halogens is 2. The largest absolute Gasteiger partial charge is 0.373 e. The highest BCUT2D eigenvalue weighted by Crippen LogP contribution is 2.24. The van der Waals surface area contributed by atoms with Crippen molar-refractivity contribution < 1.29 is 4.74 Å². The molecule has 1 aromatic rings. The van der Waals surface area contributed by atoms with Crippen LogP contribution in [0, 0.1) is 3.57 Å². The first kappa shape index (κ1) is 12.5. The van der Waals surface area contributed by atoms with Crippen LogP contribution in [0.15, 0.2) is 12.5 Å². The fourth-order valence-electron chi connectivity index (χ4n) is 1.72. The lowest BCUT2D eigenvalue weighted by Crippen LogP contribution is -2.49. The van der Waals surface area contributed by atoms with Gasteiger partial charge in [-0.05, 0) is 29.5 Å². The van der Waals surface area contributed by atoms with Gasteiger partial charge >= 0.3 is 0 Å². The lowest BCUT2D eigenvalue weighted by atomic mass is 10.2. The summed E-state index contributed by atoms with van der Waals surface area (Å²) in [4.78, 5) is 10.7. The minimum Gasteiger partial charge on any atom is -0.373 e. The van der Waals surface area contributed by atoms with E-state index in [0.29, 0.717) is 6.04 Å². The van der Waals surface area contributed by atoms with Crippen molar-refractivity contribution in [1.29, 1.82) is 0 Å². The number of hydrogen-bond donors (Lipinski definition) is 0. The predicted octanol–water partition coefficient (Wildman–Crippen LogP) is 2.07. The molecule has 0 saturated carbocycles. The standard InChI is InChI=1S/C10H13BrIN3O/c1-7-5-16-8(2-11)4-15(7)10-9(12)3-13-6-14-10/h3,6-8H,2,4-5H2,1H3. The van der Waals surface area contributed by atoms with Gasteiger partial charge in [0.25, 0.3) is 0 Å². The quantitative estimate of drug-likeness (QED) is 0.565. The monoisotopic (exact) mass is 397 g/mol. The molecule has 1 aliphatic rings. The molecular formula is C10H13BrIN3O. The zero-order valence-corrected chi connectivity index (χ0v) is 12.7. The maximum Gasteiger partial charge on any atom is 0.145 e. The molecule has 2 atom stereocenters. The minimum atomic E-state index is 0.238. The summed E-state index contributed by atoms with van der Waals surface area (Å²) in [5.74, 6) is 1.01. The molecule has 16 heavy (non-hydrogen) atoms. The number of aromatic nitrogens is 2. The van der Waals surface area contributed by atoms with Gasteiger partial charge in [-0.1, -0.05) is 15.9 Å². The molecule has 1 saturated heterocycles. The second-order valence-corrected chi connectivity index (χ2v) is 5.61. The number of morpholine rings is 1. The van der Waals surface area contributed by atoms with Gasteiger partial charge in [-0.15, -0.1) is 0 Å². The number of rotatable bonds is 2. The highest BCUT2D eigenvalue weighted by molar-refractivity contribution is 14.1. The van der Waals surface area contributed by atoms with E-state index in [1.165, 1.54) is 0 Å². The molecule has 2 unspecified atom stereocenters. The second-order valence-electron chi connectivity index (χ2n) is 3.81. The Morgan fingerprint density at radius 1 is 1.69 bits per heavy atom. The number of hydrogen-bond acceptors (Lipinski definition) is 4. The van der Waals surface area contributed by atoms with E-state index in [4.69, 9.17) is 4.74 Å². The molecule has 1 aliphatic heterocycles. The van der Waals surface area contributed by atoms with Crippen molar-refractivity contribution in [3.8, 4) is 0 Å². The normalized spacial score (nSPS) is 25.8. The number of ether oxygens (including phenoxy) is 1. The summed E-state index contributed by atoms with van der Waals surface area (Å²) in [6.45, 7) is 3.78. The Morgan fingerprint density at radius 2 is 2.50 bits per heavy atom. The maximum atomic E-state index is 5.70.